The van der Waals surface area contributed by atoms with Crippen molar-refractivity contribution in [2.75, 3.05) is 52.6 Å². The molecule has 33 heavy (non-hydrogen) atoms. The van der Waals surface area contributed by atoms with E-state index in [0.29, 0.717) is 48.5 Å². The largest absolute Gasteiger partial charge is 0.493 e. The fourth-order valence-electron chi connectivity index (χ4n) is 3.07. The van der Waals surface area contributed by atoms with Gasteiger partial charge < -0.3 is 24.8 Å². The van der Waals surface area contributed by atoms with Gasteiger partial charge in [-0.05, 0) is 30.0 Å². The SMILES string of the molecule is COCCNc1nc(SC)nc2c1cnn2CCNC(=O)/C=C\c1ccc(OC)c(OC)c1. The van der Waals surface area contributed by atoms with Gasteiger partial charge in [0.1, 0.15) is 5.82 Å². The molecule has 0 atom stereocenters. The monoisotopic (exact) mass is 472 g/mol. The summed E-state index contributed by atoms with van der Waals surface area (Å²) >= 11 is 1.46. The summed E-state index contributed by atoms with van der Waals surface area (Å²) in [7, 11) is 4.80. The summed E-state index contributed by atoms with van der Waals surface area (Å²) in [5.41, 5.74) is 1.54. The van der Waals surface area contributed by atoms with E-state index in [1.54, 1.807) is 50.4 Å². The van der Waals surface area contributed by atoms with Gasteiger partial charge in [-0.15, -0.1) is 0 Å². The van der Waals surface area contributed by atoms with Gasteiger partial charge in [0.2, 0.25) is 5.91 Å². The minimum absolute atomic E-state index is 0.206. The molecule has 0 saturated carbocycles. The Morgan fingerprint density at radius 3 is 2.70 bits per heavy atom. The molecule has 0 unspecified atom stereocenters. The van der Waals surface area contributed by atoms with Crippen molar-refractivity contribution in [2.24, 2.45) is 0 Å². The lowest BCUT2D eigenvalue weighted by Crippen LogP contribution is -2.25. The summed E-state index contributed by atoms with van der Waals surface area (Å²) in [5, 5.41) is 12.0. The van der Waals surface area contributed by atoms with E-state index in [1.807, 2.05) is 12.3 Å². The standard InChI is InChI=1S/C22H28N6O4S/c1-30-12-10-24-20-16-14-25-28(21(16)27-22(26-20)33-4)11-9-23-19(29)8-6-15-5-7-17(31-2)18(13-15)32-3/h5-8,13-14H,9-12H2,1-4H3,(H,23,29)(H,24,26,27)/b8-6-. The van der Waals surface area contributed by atoms with E-state index in [4.69, 9.17) is 14.2 Å². The van der Waals surface area contributed by atoms with Crippen LogP contribution in [0, 0.1) is 0 Å². The topological polar surface area (TPSA) is 112 Å². The van der Waals surface area contributed by atoms with E-state index in [1.165, 1.54) is 17.8 Å². The Labute approximate surface area is 196 Å². The normalized spacial score (nSPS) is 11.2. The molecule has 2 N–H and O–H groups in total. The van der Waals surface area contributed by atoms with Crippen molar-refractivity contribution < 1.29 is 19.0 Å². The molecule has 0 fully saturated rings. The van der Waals surface area contributed by atoms with Crippen LogP contribution in [0.1, 0.15) is 5.56 Å². The lowest BCUT2D eigenvalue weighted by molar-refractivity contribution is -0.116. The fraction of sp³-hybridized carbons (Fsp3) is 0.364. The number of fused-ring (bicyclic) bond motifs is 1. The number of hydrogen-bond donors (Lipinski definition) is 2. The highest BCUT2D eigenvalue weighted by Gasteiger charge is 2.13. The lowest BCUT2D eigenvalue weighted by Gasteiger charge is -2.09. The second-order valence-corrected chi connectivity index (χ2v) is 7.60. The van der Waals surface area contributed by atoms with Crippen LogP contribution in [0.4, 0.5) is 5.82 Å². The van der Waals surface area contributed by atoms with Crippen LogP contribution in [-0.4, -0.2) is 72.9 Å². The first-order valence-corrected chi connectivity index (χ1v) is 11.5. The summed E-state index contributed by atoms with van der Waals surface area (Å²) < 4.78 is 17.4. The minimum Gasteiger partial charge on any atom is -0.493 e. The number of carbonyl (C=O) groups excluding carboxylic acids is 1. The van der Waals surface area contributed by atoms with E-state index < -0.39 is 0 Å². The van der Waals surface area contributed by atoms with Crippen molar-refractivity contribution in [3.63, 3.8) is 0 Å². The third-order valence-corrected chi connectivity index (χ3v) is 5.26. The zero-order valence-electron chi connectivity index (χ0n) is 19.1. The molecule has 3 rings (SSSR count). The summed E-state index contributed by atoms with van der Waals surface area (Å²) in [6, 6.07) is 5.45. The van der Waals surface area contributed by atoms with Crippen molar-refractivity contribution in [3.05, 3.63) is 36.0 Å². The molecule has 0 radical (unpaired) electrons. The lowest BCUT2D eigenvalue weighted by atomic mass is 10.2. The maximum atomic E-state index is 12.3. The van der Waals surface area contributed by atoms with Crippen LogP contribution in [0.5, 0.6) is 11.5 Å². The first kappa shape index (κ1) is 24.3. The number of carbonyl (C=O) groups is 1. The predicted molar refractivity (Wildman–Crippen MR) is 129 cm³/mol. The third-order valence-electron chi connectivity index (χ3n) is 4.71. The molecule has 1 amide bonds. The number of methoxy groups -OCH3 is 3. The van der Waals surface area contributed by atoms with E-state index in [9.17, 15) is 4.79 Å². The highest BCUT2D eigenvalue weighted by atomic mass is 32.2. The molecule has 0 aliphatic heterocycles. The Hall–Kier alpha value is -3.31. The summed E-state index contributed by atoms with van der Waals surface area (Å²) in [4.78, 5) is 21.4. The molecule has 3 aromatic rings. The first-order valence-electron chi connectivity index (χ1n) is 10.3. The number of rotatable bonds is 12. The smallest absolute Gasteiger partial charge is 0.244 e. The Kier molecular flexibility index (Phi) is 8.90. The predicted octanol–water partition coefficient (Wildman–Crippen LogP) is 2.45. The number of benzene rings is 1. The van der Waals surface area contributed by atoms with Crippen LogP contribution in [0.15, 0.2) is 35.6 Å². The van der Waals surface area contributed by atoms with Crippen molar-refractivity contribution in [1.29, 1.82) is 0 Å². The van der Waals surface area contributed by atoms with Crippen molar-refractivity contribution in [1.82, 2.24) is 25.1 Å². The zero-order chi connectivity index (χ0) is 23.6. The number of aromatic nitrogens is 4. The molecule has 176 valence electrons. The van der Waals surface area contributed by atoms with E-state index in [2.05, 4.69) is 25.7 Å². The van der Waals surface area contributed by atoms with Crippen LogP contribution in [-0.2, 0) is 16.1 Å². The molecule has 0 aliphatic rings. The van der Waals surface area contributed by atoms with Crippen molar-refractivity contribution in [3.8, 4) is 11.5 Å². The second kappa shape index (κ2) is 12.1. The van der Waals surface area contributed by atoms with E-state index in [-0.39, 0.29) is 5.91 Å². The highest BCUT2D eigenvalue weighted by molar-refractivity contribution is 7.98. The van der Waals surface area contributed by atoms with Gasteiger partial charge in [0.25, 0.3) is 0 Å². The molecule has 2 aromatic heterocycles. The number of hydrogen-bond acceptors (Lipinski definition) is 9. The quantitative estimate of drug-likeness (QED) is 0.178. The van der Waals surface area contributed by atoms with E-state index in [0.717, 1.165) is 16.8 Å². The average Bonchev–Trinajstić information content (AvgIpc) is 3.25. The van der Waals surface area contributed by atoms with Crippen LogP contribution < -0.4 is 20.1 Å². The molecule has 0 spiro atoms. The molecule has 11 heteroatoms. The number of anilines is 1. The van der Waals surface area contributed by atoms with Gasteiger partial charge in [0.15, 0.2) is 22.3 Å². The maximum absolute atomic E-state index is 12.3. The van der Waals surface area contributed by atoms with Gasteiger partial charge in [0.05, 0.1) is 39.0 Å². The number of ether oxygens (including phenoxy) is 3. The molecule has 0 aliphatic carbocycles. The van der Waals surface area contributed by atoms with Gasteiger partial charge >= 0.3 is 0 Å². The van der Waals surface area contributed by atoms with E-state index >= 15 is 0 Å². The van der Waals surface area contributed by atoms with Crippen LogP contribution in [0.25, 0.3) is 17.1 Å². The van der Waals surface area contributed by atoms with Gasteiger partial charge in [0, 0.05) is 26.3 Å². The first-order chi connectivity index (χ1) is 16.1. The van der Waals surface area contributed by atoms with Gasteiger partial charge in [-0.3, -0.25) is 4.79 Å². The Morgan fingerprint density at radius 1 is 1.15 bits per heavy atom. The zero-order valence-corrected chi connectivity index (χ0v) is 19.9. The molecular formula is C22H28N6O4S. The molecule has 0 saturated heterocycles. The van der Waals surface area contributed by atoms with Crippen LogP contribution >= 0.6 is 11.8 Å². The van der Waals surface area contributed by atoms with Gasteiger partial charge in [-0.25, -0.2) is 14.6 Å². The average molecular weight is 473 g/mol. The highest BCUT2D eigenvalue weighted by Crippen LogP contribution is 2.28. The summed E-state index contributed by atoms with van der Waals surface area (Å²) in [6.45, 7) is 2.07. The Bertz CT molecular complexity index is 1120. The third kappa shape index (κ3) is 6.36. The molecule has 10 nitrogen and oxygen atoms in total. The number of nitrogens with one attached hydrogen (secondary N) is 2. The molecular weight excluding hydrogens is 444 g/mol. The van der Waals surface area contributed by atoms with Crippen LogP contribution in [0.3, 0.4) is 0 Å². The van der Waals surface area contributed by atoms with Crippen molar-refractivity contribution >= 4 is 40.6 Å². The number of nitrogens with zero attached hydrogens (tertiary/aromatic N) is 4. The van der Waals surface area contributed by atoms with Crippen molar-refractivity contribution in [2.45, 2.75) is 11.7 Å². The maximum Gasteiger partial charge on any atom is 0.244 e. The summed E-state index contributed by atoms with van der Waals surface area (Å²) in [6.07, 6.45) is 6.85. The minimum atomic E-state index is -0.206. The van der Waals surface area contributed by atoms with Gasteiger partial charge in [-0.2, -0.15) is 5.10 Å². The second-order valence-electron chi connectivity index (χ2n) is 6.82. The summed E-state index contributed by atoms with van der Waals surface area (Å²) in [5.74, 6) is 1.75. The Morgan fingerprint density at radius 2 is 1.97 bits per heavy atom. The molecule has 0 bridgehead atoms. The van der Waals surface area contributed by atoms with Gasteiger partial charge in [-0.1, -0.05) is 17.8 Å². The fourth-order valence-corrected chi connectivity index (χ4v) is 3.43. The number of amides is 1. The molecule has 1 aromatic carbocycles. The van der Waals surface area contributed by atoms with Crippen LogP contribution in [0.2, 0.25) is 0 Å². The Balaban J connectivity index is 1.62. The molecule has 2 heterocycles. The number of thioether (sulfide) groups is 1.